The number of fused-ring (bicyclic) bond motifs is 1. The van der Waals surface area contributed by atoms with Crippen molar-refractivity contribution >= 4 is 33.1 Å². The van der Waals surface area contributed by atoms with Crippen molar-refractivity contribution in [2.75, 3.05) is 5.32 Å². The van der Waals surface area contributed by atoms with E-state index in [4.69, 9.17) is 4.99 Å². The third-order valence-electron chi connectivity index (χ3n) is 6.28. The van der Waals surface area contributed by atoms with Crippen LogP contribution < -0.4 is 9.50 Å². The Labute approximate surface area is 219 Å². The van der Waals surface area contributed by atoms with Crippen LogP contribution in [0, 0.1) is 11.7 Å². The first-order valence-corrected chi connectivity index (χ1v) is 13.6. The van der Waals surface area contributed by atoms with E-state index >= 15 is 0 Å². The molecule has 1 aliphatic heterocycles. The van der Waals surface area contributed by atoms with Crippen LogP contribution in [0.4, 0.5) is 23.2 Å². The Morgan fingerprint density at radius 2 is 1.95 bits per heavy atom. The minimum absolute atomic E-state index is 0.0483. The number of pyridine rings is 1. The molecule has 7 nitrogen and oxygen atoms in total. The third kappa shape index (κ3) is 6.97. The predicted molar refractivity (Wildman–Crippen MR) is 137 cm³/mol. The summed E-state index contributed by atoms with van der Waals surface area (Å²) < 4.78 is 79.3. The van der Waals surface area contributed by atoms with Gasteiger partial charge in [0.05, 0.1) is 17.6 Å². The number of hydrogen-bond acceptors (Lipinski definition) is 6. The quantitative estimate of drug-likeness (QED) is 0.255. The number of aromatic nitrogens is 1. The summed E-state index contributed by atoms with van der Waals surface area (Å²) in [5.41, 5.74) is -3.10. The van der Waals surface area contributed by atoms with E-state index in [-0.39, 0.29) is 18.2 Å². The van der Waals surface area contributed by atoms with E-state index in [0.717, 1.165) is 18.0 Å². The Morgan fingerprint density at radius 1 is 1.21 bits per heavy atom. The summed E-state index contributed by atoms with van der Waals surface area (Å²) in [7, 11) is -5.83. The van der Waals surface area contributed by atoms with Gasteiger partial charge in [-0.05, 0) is 62.4 Å². The Bertz CT molecular complexity index is 1320. The van der Waals surface area contributed by atoms with E-state index in [1.54, 1.807) is 13.0 Å². The van der Waals surface area contributed by atoms with Gasteiger partial charge in [-0.1, -0.05) is 26.3 Å². The lowest BCUT2D eigenvalue weighted by Gasteiger charge is -2.25. The van der Waals surface area contributed by atoms with Gasteiger partial charge in [0.25, 0.3) is 0 Å². The average molecular weight is 556 g/mol. The molecule has 0 bridgehead atoms. The zero-order valence-electron chi connectivity index (χ0n) is 21.2. The summed E-state index contributed by atoms with van der Waals surface area (Å²) in [5.74, 6) is -1.73. The molecule has 2 aromatic rings. The molecule has 1 aliphatic rings. The lowest BCUT2D eigenvalue weighted by atomic mass is 9.84. The first kappa shape index (κ1) is 29.3. The molecule has 0 aliphatic carbocycles. The van der Waals surface area contributed by atoms with E-state index < -0.39 is 33.1 Å². The smallest absolute Gasteiger partial charge is 0.374 e. The lowest BCUT2D eigenvalue weighted by molar-refractivity contribution is -0.116. The van der Waals surface area contributed by atoms with Crippen LogP contribution in [0.25, 0.3) is 5.70 Å². The highest BCUT2D eigenvalue weighted by atomic mass is 32.2. The van der Waals surface area contributed by atoms with Crippen LogP contribution in [0.2, 0.25) is 0 Å². The molecule has 12 heteroatoms. The molecule has 1 N–H and O–H groups in total. The zero-order chi connectivity index (χ0) is 28.1. The molecule has 1 amide bonds. The van der Waals surface area contributed by atoms with Crippen molar-refractivity contribution in [1.82, 2.24) is 4.98 Å². The number of alkyl halides is 3. The van der Waals surface area contributed by atoms with Gasteiger partial charge in [0, 0.05) is 29.3 Å². The zero-order valence-corrected chi connectivity index (χ0v) is 22.0. The van der Waals surface area contributed by atoms with Crippen molar-refractivity contribution < 1.29 is 35.0 Å². The largest absolute Gasteiger partial charge is 0.534 e. The standard InChI is InChI=1S/C26H29F4N3O4S/c1-4-16(3)25-19(22-13-11-18(15-31-22)37-38(35,36)26(28,29)30)8-6-7-9-24(34)32-23-12-10-17(27)14-20(23)21(5-2)33-25/h5,10-16,19H,4,6-9H2,1-3H3,(H,32,34)/b21-5-,33-25?. The molecule has 1 aromatic heterocycles. The fraction of sp³-hybridized carbons (Fsp3) is 0.423. The fourth-order valence-electron chi connectivity index (χ4n) is 4.11. The molecule has 1 aromatic carbocycles. The first-order chi connectivity index (χ1) is 17.9. The Hall–Kier alpha value is -3.28. The van der Waals surface area contributed by atoms with Gasteiger partial charge in [-0.2, -0.15) is 21.6 Å². The summed E-state index contributed by atoms with van der Waals surface area (Å²) in [4.78, 5) is 21.7. The van der Waals surface area contributed by atoms with E-state index in [2.05, 4.69) is 14.5 Å². The van der Waals surface area contributed by atoms with Crippen molar-refractivity contribution in [2.24, 2.45) is 10.9 Å². The minimum Gasteiger partial charge on any atom is -0.374 e. The van der Waals surface area contributed by atoms with Gasteiger partial charge >= 0.3 is 15.6 Å². The number of hydrogen-bond donors (Lipinski definition) is 1. The minimum atomic E-state index is -5.83. The van der Waals surface area contributed by atoms with Crippen LogP contribution in [0.1, 0.15) is 70.1 Å². The van der Waals surface area contributed by atoms with Crippen molar-refractivity contribution in [1.29, 1.82) is 0 Å². The SMILES string of the molecule is C/C=C1\N=C(C(C)CC)C(c2ccc(OS(=O)(=O)C(F)(F)F)cn2)CCCCC(=O)Nc2ccc(F)cc21. The second kappa shape index (κ2) is 12.1. The molecule has 38 heavy (non-hydrogen) atoms. The van der Waals surface area contributed by atoms with Gasteiger partial charge in [0.1, 0.15) is 5.82 Å². The molecule has 0 saturated carbocycles. The Kier molecular flexibility index (Phi) is 9.29. The van der Waals surface area contributed by atoms with Gasteiger partial charge in [0.15, 0.2) is 5.75 Å². The maximum Gasteiger partial charge on any atom is 0.534 e. The average Bonchev–Trinajstić information content (AvgIpc) is 2.85. The Morgan fingerprint density at radius 3 is 2.55 bits per heavy atom. The normalized spacial score (nSPS) is 19.4. The van der Waals surface area contributed by atoms with E-state index in [1.807, 2.05) is 13.8 Å². The molecular formula is C26H29F4N3O4S. The lowest BCUT2D eigenvalue weighted by Crippen LogP contribution is -2.28. The van der Waals surface area contributed by atoms with Crippen LogP contribution in [0.3, 0.4) is 0 Å². The van der Waals surface area contributed by atoms with Crippen LogP contribution in [-0.2, 0) is 14.9 Å². The maximum atomic E-state index is 14.2. The number of carbonyl (C=O) groups excluding carboxylic acids is 1. The van der Waals surface area contributed by atoms with Gasteiger partial charge in [-0.3, -0.25) is 14.8 Å². The van der Waals surface area contributed by atoms with Crippen LogP contribution in [0.5, 0.6) is 5.75 Å². The van der Waals surface area contributed by atoms with Gasteiger partial charge in [-0.25, -0.2) is 4.39 Å². The van der Waals surface area contributed by atoms with E-state index in [9.17, 15) is 30.8 Å². The van der Waals surface area contributed by atoms with Gasteiger partial charge < -0.3 is 9.50 Å². The molecule has 3 rings (SSSR count). The molecule has 0 fully saturated rings. The predicted octanol–water partition coefficient (Wildman–Crippen LogP) is 6.59. The number of nitrogens with zero attached hydrogens (tertiary/aromatic N) is 2. The number of halogens is 4. The highest BCUT2D eigenvalue weighted by Crippen LogP contribution is 2.34. The van der Waals surface area contributed by atoms with E-state index in [1.165, 1.54) is 24.3 Å². The van der Waals surface area contributed by atoms with Crippen LogP contribution in [0.15, 0.2) is 47.6 Å². The molecular weight excluding hydrogens is 526 g/mol. The van der Waals surface area contributed by atoms with E-state index in [0.29, 0.717) is 48.3 Å². The second-order valence-electron chi connectivity index (χ2n) is 8.96. The van der Waals surface area contributed by atoms with Gasteiger partial charge in [0.2, 0.25) is 5.91 Å². The number of benzene rings is 1. The highest BCUT2D eigenvalue weighted by Gasteiger charge is 2.48. The van der Waals surface area contributed by atoms with Gasteiger partial charge in [-0.15, -0.1) is 0 Å². The number of amides is 1. The molecule has 0 spiro atoms. The van der Waals surface area contributed by atoms with Crippen LogP contribution >= 0.6 is 0 Å². The summed E-state index contributed by atoms with van der Waals surface area (Å²) >= 11 is 0. The number of aliphatic imine (C=N–C) groups is 1. The summed E-state index contributed by atoms with van der Waals surface area (Å²) in [6.07, 6.45) is 5.28. The summed E-state index contributed by atoms with van der Waals surface area (Å²) in [6, 6.07) is 6.57. The topological polar surface area (TPSA) is 97.7 Å². The molecule has 2 unspecified atom stereocenters. The first-order valence-electron chi connectivity index (χ1n) is 12.2. The highest BCUT2D eigenvalue weighted by molar-refractivity contribution is 7.88. The molecule has 0 saturated heterocycles. The monoisotopic (exact) mass is 555 g/mol. The van der Waals surface area contributed by atoms with Crippen molar-refractivity contribution in [2.45, 2.75) is 64.3 Å². The van der Waals surface area contributed by atoms with Crippen LogP contribution in [-0.4, -0.2) is 30.5 Å². The number of carbonyl (C=O) groups is 1. The van der Waals surface area contributed by atoms with Crippen molar-refractivity contribution in [3.63, 3.8) is 0 Å². The molecule has 0 radical (unpaired) electrons. The second-order valence-corrected chi connectivity index (χ2v) is 10.5. The fourth-order valence-corrected chi connectivity index (χ4v) is 4.56. The molecule has 206 valence electrons. The molecule has 2 atom stereocenters. The number of rotatable bonds is 5. The van der Waals surface area contributed by atoms with Crippen molar-refractivity contribution in [3.8, 4) is 5.75 Å². The number of anilines is 1. The van der Waals surface area contributed by atoms with Crippen molar-refractivity contribution in [3.05, 3.63) is 59.7 Å². The third-order valence-corrected chi connectivity index (χ3v) is 7.26. The summed E-state index contributed by atoms with van der Waals surface area (Å²) in [5, 5.41) is 2.84. The molecule has 2 heterocycles. The Balaban J connectivity index is 2.10. The summed E-state index contributed by atoms with van der Waals surface area (Å²) in [6.45, 7) is 5.71. The number of nitrogens with one attached hydrogen (secondary N) is 1. The maximum absolute atomic E-state index is 14.2. The number of allylic oxidation sites excluding steroid dienone is 1.